The van der Waals surface area contributed by atoms with Gasteiger partial charge in [-0.25, -0.2) is 0 Å². The Morgan fingerprint density at radius 1 is 1.24 bits per heavy atom. The van der Waals surface area contributed by atoms with E-state index in [9.17, 15) is 0 Å². The topological polar surface area (TPSA) is 28.2 Å². The van der Waals surface area contributed by atoms with Gasteiger partial charge >= 0.3 is 0 Å². The van der Waals surface area contributed by atoms with Crippen molar-refractivity contribution in [3.63, 3.8) is 0 Å². The summed E-state index contributed by atoms with van der Waals surface area (Å²) in [6, 6.07) is 10.7. The van der Waals surface area contributed by atoms with Gasteiger partial charge in [0.2, 0.25) is 0 Å². The molecule has 0 radical (unpaired) electrons. The third-order valence-electron chi connectivity index (χ3n) is 3.12. The normalized spacial score (nSPS) is 12.9. The van der Waals surface area contributed by atoms with Crippen LogP contribution >= 0.6 is 0 Å². The second-order valence-corrected chi connectivity index (χ2v) is 4.57. The number of para-hydroxylation sites is 1. The van der Waals surface area contributed by atoms with Gasteiger partial charge in [-0.05, 0) is 33.2 Å². The summed E-state index contributed by atoms with van der Waals surface area (Å²) in [5.41, 5.74) is 2.19. The zero-order valence-corrected chi connectivity index (χ0v) is 10.6. The van der Waals surface area contributed by atoms with Crippen molar-refractivity contribution >= 4 is 16.6 Å². The number of anilines is 1. The van der Waals surface area contributed by atoms with Crippen molar-refractivity contribution in [3.05, 3.63) is 36.5 Å². The van der Waals surface area contributed by atoms with Gasteiger partial charge in [0.25, 0.3) is 0 Å². The molecule has 0 fully saturated rings. The molecule has 1 aromatic carbocycles. The minimum atomic E-state index is 0.502. The maximum Gasteiger partial charge on any atom is 0.0722 e. The lowest BCUT2D eigenvalue weighted by Crippen LogP contribution is -2.31. The van der Waals surface area contributed by atoms with E-state index in [1.54, 1.807) is 0 Å². The van der Waals surface area contributed by atoms with Crippen LogP contribution in [-0.4, -0.2) is 36.6 Å². The molecule has 0 amide bonds. The number of nitrogens with zero attached hydrogens (tertiary/aromatic N) is 2. The van der Waals surface area contributed by atoms with Crippen molar-refractivity contribution in [3.8, 4) is 0 Å². The Kier molecular flexibility index (Phi) is 3.59. The van der Waals surface area contributed by atoms with E-state index in [4.69, 9.17) is 0 Å². The molecule has 2 rings (SSSR count). The Balaban J connectivity index is 2.19. The fraction of sp³-hybridized carbons (Fsp3) is 0.357. The summed E-state index contributed by atoms with van der Waals surface area (Å²) < 4.78 is 0. The summed E-state index contributed by atoms with van der Waals surface area (Å²) in [7, 11) is 4.19. The van der Waals surface area contributed by atoms with Gasteiger partial charge in [-0.2, -0.15) is 0 Å². The standard InChI is InChI=1S/C14H19N3/c1-11(17(2)3)10-16-14-8-9-15-13-7-5-4-6-12(13)14/h4-9,11H,10H2,1-3H3,(H,15,16). The number of likely N-dealkylation sites (N-methyl/N-ethyl adjacent to an activating group) is 1. The van der Waals surface area contributed by atoms with Crippen LogP contribution < -0.4 is 5.32 Å². The maximum atomic E-state index is 4.35. The van der Waals surface area contributed by atoms with Gasteiger partial charge in [0.1, 0.15) is 0 Å². The highest BCUT2D eigenvalue weighted by Crippen LogP contribution is 2.20. The van der Waals surface area contributed by atoms with Gasteiger partial charge in [0, 0.05) is 29.9 Å². The van der Waals surface area contributed by atoms with E-state index in [0.29, 0.717) is 6.04 Å². The van der Waals surface area contributed by atoms with Crippen LogP contribution in [0.1, 0.15) is 6.92 Å². The smallest absolute Gasteiger partial charge is 0.0722 e. The van der Waals surface area contributed by atoms with Crippen molar-refractivity contribution in [1.29, 1.82) is 0 Å². The Morgan fingerprint density at radius 2 is 2.00 bits per heavy atom. The SMILES string of the molecule is CC(CNc1ccnc2ccccc12)N(C)C. The third-order valence-corrected chi connectivity index (χ3v) is 3.12. The molecule has 1 atom stereocenters. The fourth-order valence-corrected chi connectivity index (χ4v) is 1.69. The number of pyridine rings is 1. The Hall–Kier alpha value is -1.61. The number of aromatic nitrogens is 1. The fourth-order valence-electron chi connectivity index (χ4n) is 1.69. The van der Waals surface area contributed by atoms with Crippen molar-refractivity contribution in [2.75, 3.05) is 26.0 Å². The van der Waals surface area contributed by atoms with Crippen LogP contribution in [0.15, 0.2) is 36.5 Å². The highest BCUT2D eigenvalue weighted by molar-refractivity contribution is 5.90. The number of fused-ring (bicyclic) bond motifs is 1. The van der Waals surface area contributed by atoms with Gasteiger partial charge in [-0.15, -0.1) is 0 Å². The molecule has 2 aromatic rings. The van der Waals surface area contributed by atoms with E-state index in [0.717, 1.165) is 17.7 Å². The lowest BCUT2D eigenvalue weighted by atomic mass is 10.2. The molecular weight excluding hydrogens is 210 g/mol. The highest BCUT2D eigenvalue weighted by atomic mass is 15.1. The van der Waals surface area contributed by atoms with Crippen molar-refractivity contribution in [2.45, 2.75) is 13.0 Å². The first-order chi connectivity index (χ1) is 8.18. The van der Waals surface area contributed by atoms with Crippen molar-refractivity contribution in [2.24, 2.45) is 0 Å². The molecule has 0 aliphatic heterocycles. The van der Waals surface area contributed by atoms with Gasteiger partial charge in [-0.3, -0.25) is 4.98 Å². The van der Waals surface area contributed by atoms with Crippen LogP contribution in [-0.2, 0) is 0 Å². The van der Waals surface area contributed by atoms with E-state index in [1.165, 1.54) is 5.39 Å². The quantitative estimate of drug-likeness (QED) is 0.873. The van der Waals surface area contributed by atoms with Gasteiger partial charge in [-0.1, -0.05) is 18.2 Å². The molecule has 0 aliphatic carbocycles. The van der Waals surface area contributed by atoms with Gasteiger partial charge in [0.15, 0.2) is 0 Å². The van der Waals surface area contributed by atoms with Crippen molar-refractivity contribution < 1.29 is 0 Å². The Labute approximate surface area is 102 Å². The molecule has 90 valence electrons. The predicted molar refractivity (Wildman–Crippen MR) is 73.4 cm³/mol. The molecule has 3 nitrogen and oxygen atoms in total. The van der Waals surface area contributed by atoms with E-state index < -0.39 is 0 Å². The molecule has 0 spiro atoms. The number of hydrogen-bond donors (Lipinski definition) is 1. The van der Waals surface area contributed by atoms with Crippen LogP contribution in [0.5, 0.6) is 0 Å². The molecule has 17 heavy (non-hydrogen) atoms. The molecule has 0 saturated heterocycles. The van der Waals surface area contributed by atoms with Crippen LogP contribution in [0.4, 0.5) is 5.69 Å². The first-order valence-electron chi connectivity index (χ1n) is 5.92. The number of hydrogen-bond acceptors (Lipinski definition) is 3. The molecule has 0 saturated carbocycles. The molecule has 0 bridgehead atoms. The largest absolute Gasteiger partial charge is 0.383 e. The first kappa shape index (κ1) is 11.9. The summed E-state index contributed by atoms with van der Waals surface area (Å²) in [5, 5.41) is 4.67. The first-order valence-corrected chi connectivity index (χ1v) is 5.92. The van der Waals surface area contributed by atoms with Crippen molar-refractivity contribution in [1.82, 2.24) is 9.88 Å². The highest BCUT2D eigenvalue weighted by Gasteiger charge is 2.05. The molecule has 0 aliphatic rings. The average Bonchev–Trinajstić information content (AvgIpc) is 2.35. The maximum absolute atomic E-state index is 4.35. The molecular formula is C14H19N3. The number of rotatable bonds is 4. The molecule has 3 heteroatoms. The molecule has 1 unspecified atom stereocenters. The molecule has 1 aromatic heterocycles. The second kappa shape index (κ2) is 5.15. The second-order valence-electron chi connectivity index (χ2n) is 4.57. The lowest BCUT2D eigenvalue weighted by Gasteiger charge is -2.21. The zero-order valence-electron chi connectivity index (χ0n) is 10.6. The lowest BCUT2D eigenvalue weighted by molar-refractivity contribution is 0.326. The summed E-state index contributed by atoms with van der Waals surface area (Å²) in [6.07, 6.45) is 1.85. The Morgan fingerprint density at radius 3 is 2.76 bits per heavy atom. The zero-order chi connectivity index (χ0) is 12.3. The van der Waals surface area contributed by atoms with E-state index in [2.05, 4.69) is 42.3 Å². The van der Waals surface area contributed by atoms with E-state index in [1.807, 2.05) is 30.5 Å². The van der Waals surface area contributed by atoms with Crippen LogP contribution in [0.3, 0.4) is 0 Å². The molecule has 1 N–H and O–H groups in total. The number of nitrogens with one attached hydrogen (secondary N) is 1. The molecule has 1 heterocycles. The number of benzene rings is 1. The minimum Gasteiger partial charge on any atom is -0.383 e. The predicted octanol–water partition coefficient (Wildman–Crippen LogP) is 2.60. The van der Waals surface area contributed by atoms with E-state index in [-0.39, 0.29) is 0 Å². The summed E-state index contributed by atoms with van der Waals surface area (Å²) in [4.78, 5) is 6.56. The van der Waals surface area contributed by atoms with Crippen LogP contribution in [0, 0.1) is 0 Å². The van der Waals surface area contributed by atoms with Crippen LogP contribution in [0.25, 0.3) is 10.9 Å². The van der Waals surface area contributed by atoms with Gasteiger partial charge in [0.05, 0.1) is 5.52 Å². The monoisotopic (exact) mass is 229 g/mol. The Bertz CT molecular complexity index is 488. The van der Waals surface area contributed by atoms with E-state index >= 15 is 0 Å². The summed E-state index contributed by atoms with van der Waals surface area (Å²) in [6.45, 7) is 3.14. The van der Waals surface area contributed by atoms with Gasteiger partial charge < -0.3 is 10.2 Å². The third kappa shape index (κ3) is 2.74. The summed E-state index contributed by atoms with van der Waals surface area (Å²) >= 11 is 0. The van der Waals surface area contributed by atoms with Crippen LogP contribution in [0.2, 0.25) is 0 Å². The minimum absolute atomic E-state index is 0.502. The average molecular weight is 229 g/mol. The summed E-state index contributed by atoms with van der Waals surface area (Å²) in [5.74, 6) is 0.